The molecule has 0 radical (unpaired) electrons. The van der Waals surface area contributed by atoms with Crippen LogP contribution in [0, 0.1) is 0 Å². The molecule has 21 heavy (non-hydrogen) atoms. The molecule has 0 spiro atoms. The number of hydrogen-bond donors (Lipinski definition) is 1. The van der Waals surface area contributed by atoms with Gasteiger partial charge in [-0.15, -0.1) is 0 Å². The lowest BCUT2D eigenvalue weighted by molar-refractivity contribution is -0.121. The molecule has 0 saturated heterocycles. The smallest absolute Gasteiger partial charge is 0.224 e. The van der Waals surface area contributed by atoms with Gasteiger partial charge >= 0.3 is 0 Å². The number of rotatable bonds is 3. The monoisotopic (exact) mass is 343 g/mol. The highest BCUT2D eigenvalue weighted by atomic mass is 79.9. The highest BCUT2D eigenvalue weighted by Crippen LogP contribution is 2.29. The van der Waals surface area contributed by atoms with Gasteiger partial charge in [-0.2, -0.15) is 0 Å². The van der Waals surface area contributed by atoms with Crippen molar-refractivity contribution in [2.45, 2.75) is 31.7 Å². The number of carbonyl (C=O) groups excluding carboxylic acids is 1. The largest absolute Gasteiger partial charge is 0.349 e. The Morgan fingerprint density at radius 3 is 2.90 bits per heavy atom. The Labute approximate surface area is 133 Å². The van der Waals surface area contributed by atoms with Crippen LogP contribution in [0.3, 0.4) is 0 Å². The SMILES string of the molecule is O=C(Cc1cccc(Br)c1)N[C@H]1CCCc2ccccc21. The summed E-state index contributed by atoms with van der Waals surface area (Å²) in [7, 11) is 0. The zero-order chi connectivity index (χ0) is 14.7. The normalized spacial score (nSPS) is 17.1. The lowest BCUT2D eigenvalue weighted by Gasteiger charge is -2.26. The number of aryl methyl sites for hydroxylation is 1. The molecule has 3 heteroatoms. The van der Waals surface area contributed by atoms with Crippen LogP contribution < -0.4 is 5.32 Å². The minimum Gasteiger partial charge on any atom is -0.349 e. The van der Waals surface area contributed by atoms with Crippen LogP contribution in [-0.4, -0.2) is 5.91 Å². The number of fused-ring (bicyclic) bond motifs is 1. The zero-order valence-electron chi connectivity index (χ0n) is 11.8. The second-order valence-electron chi connectivity index (χ2n) is 5.52. The number of nitrogens with one attached hydrogen (secondary N) is 1. The fourth-order valence-electron chi connectivity index (χ4n) is 2.98. The average Bonchev–Trinajstić information content (AvgIpc) is 2.47. The third-order valence-corrected chi connectivity index (χ3v) is 4.45. The summed E-state index contributed by atoms with van der Waals surface area (Å²) in [5.74, 6) is 0.0924. The molecule has 0 aromatic heterocycles. The van der Waals surface area contributed by atoms with Crippen molar-refractivity contribution < 1.29 is 4.79 Å². The van der Waals surface area contributed by atoms with Gasteiger partial charge in [0.15, 0.2) is 0 Å². The van der Waals surface area contributed by atoms with Gasteiger partial charge in [0, 0.05) is 4.47 Å². The van der Waals surface area contributed by atoms with E-state index >= 15 is 0 Å². The fraction of sp³-hybridized carbons (Fsp3) is 0.278. The van der Waals surface area contributed by atoms with Crippen molar-refractivity contribution in [2.24, 2.45) is 0 Å². The van der Waals surface area contributed by atoms with Gasteiger partial charge in [-0.05, 0) is 48.1 Å². The number of halogens is 1. The molecule has 3 rings (SSSR count). The van der Waals surface area contributed by atoms with Crippen molar-refractivity contribution in [3.63, 3.8) is 0 Å². The second-order valence-corrected chi connectivity index (χ2v) is 6.43. The topological polar surface area (TPSA) is 29.1 Å². The number of hydrogen-bond acceptors (Lipinski definition) is 1. The Kier molecular flexibility index (Phi) is 4.39. The summed E-state index contributed by atoms with van der Waals surface area (Å²) in [4.78, 5) is 12.3. The molecule has 2 nitrogen and oxygen atoms in total. The summed E-state index contributed by atoms with van der Waals surface area (Å²) < 4.78 is 1.01. The van der Waals surface area contributed by atoms with E-state index in [1.54, 1.807) is 0 Å². The summed E-state index contributed by atoms with van der Waals surface area (Å²) in [5, 5.41) is 3.19. The Morgan fingerprint density at radius 2 is 2.05 bits per heavy atom. The van der Waals surface area contributed by atoms with Crippen molar-refractivity contribution in [3.8, 4) is 0 Å². The maximum atomic E-state index is 12.3. The molecule has 1 amide bonds. The molecule has 0 saturated carbocycles. The predicted octanol–water partition coefficient (Wildman–Crippen LogP) is 4.19. The van der Waals surface area contributed by atoms with E-state index in [1.807, 2.05) is 24.3 Å². The molecule has 2 aromatic rings. The Morgan fingerprint density at radius 1 is 1.19 bits per heavy atom. The molecule has 0 heterocycles. The number of benzene rings is 2. The summed E-state index contributed by atoms with van der Waals surface area (Å²) in [5.41, 5.74) is 3.69. The summed E-state index contributed by atoms with van der Waals surface area (Å²) >= 11 is 3.44. The summed E-state index contributed by atoms with van der Waals surface area (Å²) in [6.07, 6.45) is 3.71. The first kappa shape index (κ1) is 14.3. The van der Waals surface area contributed by atoms with E-state index in [1.165, 1.54) is 11.1 Å². The van der Waals surface area contributed by atoms with Gasteiger partial charge < -0.3 is 5.32 Å². The van der Waals surface area contributed by atoms with Gasteiger partial charge in [-0.1, -0.05) is 52.3 Å². The maximum Gasteiger partial charge on any atom is 0.224 e. The van der Waals surface area contributed by atoms with Crippen LogP contribution in [-0.2, 0) is 17.6 Å². The van der Waals surface area contributed by atoms with Crippen LogP contribution in [0.25, 0.3) is 0 Å². The van der Waals surface area contributed by atoms with Crippen LogP contribution in [0.1, 0.15) is 35.6 Å². The molecular weight excluding hydrogens is 326 g/mol. The third kappa shape index (κ3) is 3.53. The van der Waals surface area contributed by atoms with E-state index in [4.69, 9.17) is 0 Å². The van der Waals surface area contributed by atoms with Crippen LogP contribution in [0.15, 0.2) is 53.0 Å². The molecule has 1 atom stereocenters. The maximum absolute atomic E-state index is 12.3. The van der Waals surface area contributed by atoms with E-state index in [0.717, 1.165) is 29.3 Å². The number of amides is 1. The van der Waals surface area contributed by atoms with E-state index in [-0.39, 0.29) is 11.9 Å². The van der Waals surface area contributed by atoms with Gasteiger partial charge in [-0.25, -0.2) is 0 Å². The standard InChI is InChI=1S/C18H18BrNO/c19-15-8-3-5-13(11-15)12-18(21)20-17-10-4-7-14-6-1-2-9-16(14)17/h1-3,5-6,8-9,11,17H,4,7,10,12H2,(H,20,21)/t17-/m0/s1. The average molecular weight is 344 g/mol. The van der Waals surface area contributed by atoms with E-state index in [9.17, 15) is 4.79 Å². The van der Waals surface area contributed by atoms with Crippen LogP contribution in [0.4, 0.5) is 0 Å². The summed E-state index contributed by atoms with van der Waals surface area (Å²) in [6.45, 7) is 0. The first-order valence-corrected chi connectivity index (χ1v) is 8.13. The minimum atomic E-state index is 0.0924. The van der Waals surface area contributed by atoms with E-state index < -0.39 is 0 Å². The molecule has 0 aliphatic heterocycles. The Bertz CT molecular complexity index is 653. The number of carbonyl (C=O) groups is 1. The van der Waals surface area contributed by atoms with Gasteiger partial charge in [0.1, 0.15) is 0 Å². The van der Waals surface area contributed by atoms with E-state index in [2.05, 4.69) is 45.5 Å². The molecule has 1 aliphatic rings. The zero-order valence-corrected chi connectivity index (χ0v) is 13.4. The quantitative estimate of drug-likeness (QED) is 0.889. The molecular formula is C18H18BrNO. The first-order chi connectivity index (χ1) is 10.2. The predicted molar refractivity (Wildman–Crippen MR) is 88.1 cm³/mol. The Hall–Kier alpha value is -1.61. The molecule has 1 N–H and O–H groups in total. The second kappa shape index (κ2) is 6.44. The van der Waals surface area contributed by atoms with Gasteiger partial charge in [0.2, 0.25) is 5.91 Å². The van der Waals surface area contributed by atoms with Crippen molar-refractivity contribution in [2.75, 3.05) is 0 Å². The highest BCUT2D eigenvalue weighted by molar-refractivity contribution is 9.10. The fourth-order valence-corrected chi connectivity index (χ4v) is 3.43. The molecule has 1 aliphatic carbocycles. The molecule has 108 valence electrons. The minimum absolute atomic E-state index is 0.0924. The van der Waals surface area contributed by atoms with Crippen molar-refractivity contribution in [1.82, 2.24) is 5.32 Å². The van der Waals surface area contributed by atoms with Crippen LogP contribution >= 0.6 is 15.9 Å². The van der Waals surface area contributed by atoms with Crippen molar-refractivity contribution in [3.05, 3.63) is 69.7 Å². The van der Waals surface area contributed by atoms with Crippen LogP contribution in [0.5, 0.6) is 0 Å². The lowest BCUT2D eigenvalue weighted by Crippen LogP contribution is -2.32. The van der Waals surface area contributed by atoms with Crippen molar-refractivity contribution in [1.29, 1.82) is 0 Å². The molecule has 0 unspecified atom stereocenters. The van der Waals surface area contributed by atoms with Crippen LogP contribution in [0.2, 0.25) is 0 Å². The molecule has 0 fully saturated rings. The van der Waals surface area contributed by atoms with E-state index in [0.29, 0.717) is 6.42 Å². The van der Waals surface area contributed by atoms with Crippen molar-refractivity contribution >= 4 is 21.8 Å². The van der Waals surface area contributed by atoms with Gasteiger partial charge in [-0.3, -0.25) is 4.79 Å². The molecule has 2 aromatic carbocycles. The third-order valence-electron chi connectivity index (χ3n) is 3.96. The Balaban J connectivity index is 1.68. The van der Waals surface area contributed by atoms with Gasteiger partial charge in [0.05, 0.1) is 12.5 Å². The summed E-state index contributed by atoms with van der Waals surface area (Å²) in [6, 6.07) is 16.5. The lowest BCUT2D eigenvalue weighted by atomic mass is 9.87. The first-order valence-electron chi connectivity index (χ1n) is 7.34. The van der Waals surface area contributed by atoms with Gasteiger partial charge in [0.25, 0.3) is 0 Å². The highest BCUT2D eigenvalue weighted by Gasteiger charge is 2.21. The molecule has 0 bridgehead atoms.